The first kappa shape index (κ1) is 15.3. The van der Waals surface area contributed by atoms with Gasteiger partial charge in [-0.2, -0.15) is 0 Å². The van der Waals surface area contributed by atoms with E-state index >= 15 is 0 Å². The molecule has 0 unspecified atom stereocenters. The number of rotatable bonds is 4. The smallest absolute Gasteiger partial charge is 0.267 e. The fourth-order valence-corrected chi connectivity index (χ4v) is 3.08. The van der Waals surface area contributed by atoms with Crippen molar-refractivity contribution in [2.24, 2.45) is 0 Å². The molecule has 2 aromatic heterocycles. The van der Waals surface area contributed by atoms with E-state index < -0.39 is 0 Å². The van der Waals surface area contributed by atoms with Crippen LogP contribution in [0.4, 0.5) is 0 Å². The minimum atomic E-state index is -0.116. The summed E-state index contributed by atoms with van der Waals surface area (Å²) >= 11 is 1.47. The van der Waals surface area contributed by atoms with Gasteiger partial charge in [0.2, 0.25) is 0 Å². The summed E-state index contributed by atoms with van der Waals surface area (Å²) in [6.45, 7) is 1.96. The molecule has 0 aliphatic rings. The van der Waals surface area contributed by atoms with Crippen LogP contribution in [-0.2, 0) is 0 Å². The summed E-state index contributed by atoms with van der Waals surface area (Å²) in [7, 11) is 0. The molecule has 114 valence electrons. The molecule has 0 saturated carbocycles. The molecule has 0 bridgehead atoms. The van der Waals surface area contributed by atoms with Crippen molar-refractivity contribution in [1.82, 2.24) is 14.5 Å². The van der Waals surface area contributed by atoms with Crippen LogP contribution < -0.4 is 5.56 Å². The molecule has 0 aliphatic carbocycles. The zero-order valence-corrected chi connectivity index (χ0v) is 13.5. The lowest BCUT2D eigenvalue weighted by atomic mass is 10.2. The van der Waals surface area contributed by atoms with Gasteiger partial charge in [-0.25, -0.2) is 14.5 Å². The monoisotopic (exact) mass is 321 g/mol. The lowest BCUT2D eigenvalue weighted by Crippen LogP contribution is -2.22. The summed E-state index contributed by atoms with van der Waals surface area (Å²) in [6.07, 6.45) is 7.68. The zero-order valence-electron chi connectivity index (χ0n) is 12.7. The Morgan fingerprint density at radius 3 is 2.83 bits per heavy atom. The van der Waals surface area contributed by atoms with Crippen LogP contribution in [-0.4, -0.2) is 20.3 Å². The van der Waals surface area contributed by atoms with Gasteiger partial charge in [-0.15, -0.1) is 12.3 Å². The number of nitrogens with zero attached hydrogens (tertiary/aromatic N) is 3. The standard InChI is InChI=1S/C18H15N3OS/c1-3-4-11-23-18-20-15-8-6-5-7-14(15)17(22)21(18)16-10-9-13(2)12-19-16/h1,5-10,12H,4,11H2,2H3. The molecule has 0 aliphatic heterocycles. The van der Waals surface area contributed by atoms with Gasteiger partial charge in [0.05, 0.1) is 10.9 Å². The Bertz CT molecular complexity index is 939. The van der Waals surface area contributed by atoms with Crippen LogP contribution in [0.1, 0.15) is 12.0 Å². The Labute approximate surface area is 138 Å². The Morgan fingerprint density at radius 1 is 1.26 bits per heavy atom. The molecule has 3 rings (SSSR count). The molecule has 0 fully saturated rings. The number of hydrogen-bond acceptors (Lipinski definition) is 4. The second kappa shape index (κ2) is 6.67. The highest BCUT2D eigenvalue weighted by Crippen LogP contribution is 2.21. The maximum Gasteiger partial charge on any atom is 0.267 e. The Hall–Kier alpha value is -2.58. The maximum atomic E-state index is 12.9. The number of pyridine rings is 1. The lowest BCUT2D eigenvalue weighted by molar-refractivity contribution is 0.794. The summed E-state index contributed by atoms with van der Waals surface area (Å²) < 4.78 is 1.56. The highest BCUT2D eigenvalue weighted by Gasteiger charge is 2.13. The van der Waals surface area contributed by atoms with E-state index in [1.165, 1.54) is 11.8 Å². The van der Waals surface area contributed by atoms with Gasteiger partial charge in [-0.05, 0) is 30.7 Å². The van der Waals surface area contributed by atoms with E-state index in [2.05, 4.69) is 15.9 Å². The molecule has 0 amide bonds. The molecule has 4 nitrogen and oxygen atoms in total. The van der Waals surface area contributed by atoms with Gasteiger partial charge >= 0.3 is 0 Å². The van der Waals surface area contributed by atoms with Crippen molar-refractivity contribution in [1.29, 1.82) is 0 Å². The molecule has 0 saturated heterocycles. The normalized spacial score (nSPS) is 10.6. The van der Waals surface area contributed by atoms with Gasteiger partial charge in [0.1, 0.15) is 5.82 Å². The second-order valence-corrected chi connectivity index (χ2v) is 6.11. The molecule has 1 aromatic carbocycles. The number of thioether (sulfide) groups is 1. The predicted octanol–water partition coefficient (Wildman–Crippen LogP) is 3.20. The van der Waals surface area contributed by atoms with Crippen LogP contribution in [0.5, 0.6) is 0 Å². The quantitative estimate of drug-likeness (QED) is 0.320. The molecular weight excluding hydrogens is 306 g/mol. The van der Waals surface area contributed by atoms with Crippen molar-refractivity contribution in [2.45, 2.75) is 18.5 Å². The third kappa shape index (κ3) is 3.13. The minimum absolute atomic E-state index is 0.116. The van der Waals surface area contributed by atoms with E-state index in [-0.39, 0.29) is 5.56 Å². The average Bonchev–Trinajstić information content (AvgIpc) is 2.57. The Morgan fingerprint density at radius 2 is 2.09 bits per heavy atom. The second-order valence-electron chi connectivity index (χ2n) is 5.05. The predicted molar refractivity (Wildman–Crippen MR) is 94.0 cm³/mol. The van der Waals surface area contributed by atoms with Gasteiger partial charge < -0.3 is 0 Å². The number of hydrogen-bond donors (Lipinski definition) is 0. The fourth-order valence-electron chi connectivity index (χ4n) is 2.20. The first-order valence-electron chi connectivity index (χ1n) is 7.22. The molecule has 23 heavy (non-hydrogen) atoms. The lowest BCUT2D eigenvalue weighted by Gasteiger charge is -2.12. The van der Waals surface area contributed by atoms with Crippen LogP contribution in [0.2, 0.25) is 0 Å². The number of terminal acetylenes is 1. The van der Waals surface area contributed by atoms with E-state index in [0.717, 1.165) is 5.56 Å². The van der Waals surface area contributed by atoms with Crippen molar-refractivity contribution >= 4 is 22.7 Å². The molecule has 3 aromatic rings. The van der Waals surface area contributed by atoms with Crippen LogP contribution >= 0.6 is 11.8 Å². The SMILES string of the molecule is C#CCCSc1nc2ccccc2c(=O)n1-c1ccc(C)cn1. The maximum absolute atomic E-state index is 12.9. The summed E-state index contributed by atoms with van der Waals surface area (Å²) in [6, 6.07) is 11.1. The van der Waals surface area contributed by atoms with Crippen molar-refractivity contribution in [3.05, 3.63) is 58.5 Å². The molecule has 0 radical (unpaired) electrons. The molecule has 0 atom stereocenters. The van der Waals surface area contributed by atoms with Crippen molar-refractivity contribution in [3.8, 4) is 18.2 Å². The van der Waals surface area contributed by atoms with Crippen LogP contribution in [0.3, 0.4) is 0 Å². The molecule has 2 heterocycles. The Kier molecular flexibility index (Phi) is 4.45. The third-order valence-electron chi connectivity index (χ3n) is 3.35. The summed E-state index contributed by atoms with van der Waals surface area (Å²) in [4.78, 5) is 21.9. The van der Waals surface area contributed by atoms with E-state index in [9.17, 15) is 4.79 Å². The molecule has 5 heteroatoms. The van der Waals surface area contributed by atoms with Gasteiger partial charge in [0.25, 0.3) is 5.56 Å². The number of aromatic nitrogens is 3. The minimum Gasteiger partial charge on any atom is -0.268 e. The third-order valence-corrected chi connectivity index (χ3v) is 4.29. The van der Waals surface area contributed by atoms with Crippen molar-refractivity contribution < 1.29 is 0 Å². The highest BCUT2D eigenvalue weighted by atomic mass is 32.2. The van der Waals surface area contributed by atoms with Crippen molar-refractivity contribution in [3.63, 3.8) is 0 Å². The largest absolute Gasteiger partial charge is 0.268 e. The van der Waals surface area contributed by atoms with E-state index in [1.807, 2.05) is 37.3 Å². The van der Waals surface area contributed by atoms with E-state index in [4.69, 9.17) is 6.42 Å². The summed E-state index contributed by atoms with van der Waals surface area (Å²) in [5, 5.41) is 1.19. The van der Waals surface area contributed by atoms with Crippen LogP contribution in [0.25, 0.3) is 16.7 Å². The fraction of sp³-hybridized carbons (Fsp3) is 0.167. The van der Waals surface area contributed by atoms with Gasteiger partial charge in [0.15, 0.2) is 5.16 Å². The van der Waals surface area contributed by atoms with Crippen molar-refractivity contribution in [2.75, 3.05) is 5.75 Å². The highest BCUT2D eigenvalue weighted by molar-refractivity contribution is 7.99. The first-order valence-corrected chi connectivity index (χ1v) is 8.20. The summed E-state index contributed by atoms with van der Waals surface area (Å²) in [5.41, 5.74) is 1.61. The van der Waals surface area contributed by atoms with Crippen LogP contribution in [0.15, 0.2) is 52.5 Å². The topological polar surface area (TPSA) is 47.8 Å². The average molecular weight is 321 g/mol. The number of para-hydroxylation sites is 1. The molecule has 0 N–H and O–H groups in total. The number of aryl methyl sites for hydroxylation is 1. The van der Waals surface area contributed by atoms with E-state index in [1.54, 1.807) is 16.8 Å². The molecule has 0 spiro atoms. The van der Waals surface area contributed by atoms with Crippen LogP contribution in [0, 0.1) is 19.3 Å². The number of fused-ring (bicyclic) bond motifs is 1. The van der Waals surface area contributed by atoms with Gasteiger partial charge in [0, 0.05) is 18.4 Å². The van der Waals surface area contributed by atoms with E-state index in [0.29, 0.717) is 34.1 Å². The summed E-state index contributed by atoms with van der Waals surface area (Å²) in [5.74, 6) is 3.88. The zero-order chi connectivity index (χ0) is 16.2. The number of benzene rings is 1. The van der Waals surface area contributed by atoms with Gasteiger partial charge in [-0.1, -0.05) is 30.0 Å². The molecular formula is C18H15N3OS. The van der Waals surface area contributed by atoms with Gasteiger partial charge in [-0.3, -0.25) is 4.79 Å². The first-order chi connectivity index (χ1) is 11.2. The Balaban J connectivity index is 2.21.